The van der Waals surface area contributed by atoms with Crippen LogP contribution in [-0.2, 0) is 22.7 Å². The number of benzene rings is 2. The highest BCUT2D eigenvalue weighted by atomic mass is 19.1. The molecule has 0 radical (unpaired) electrons. The summed E-state index contributed by atoms with van der Waals surface area (Å²) in [5.41, 5.74) is 7.02. The Morgan fingerprint density at radius 3 is 1.88 bits per heavy atom. The van der Waals surface area contributed by atoms with E-state index in [4.69, 9.17) is 5.73 Å². The molecule has 2 rings (SSSR count). The van der Waals surface area contributed by atoms with Crippen molar-refractivity contribution in [1.82, 2.24) is 10.2 Å². The Hall–Kier alpha value is -2.73. The van der Waals surface area contributed by atoms with E-state index in [-0.39, 0.29) is 13.1 Å². The predicted molar refractivity (Wildman–Crippen MR) is 94.1 cm³/mol. The lowest BCUT2D eigenvalue weighted by atomic mass is 10.1. The molecule has 1 atom stereocenters. The van der Waals surface area contributed by atoms with E-state index in [9.17, 15) is 14.0 Å². The number of amides is 2. The number of primary amides is 1. The van der Waals surface area contributed by atoms with E-state index in [1.165, 1.54) is 0 Å². The van der Waals surface area contributed by atoms with E-state index >= 15 is 0 Å². The summed E-state index contributed by atoms with van der Waals surface area (Å²) in [6.07, 6.45) is -1.74. The second kappa shape index (κ2) is 9.54. The van der Waals surface area contributed by atoms with Gasteiger partial charge in [-0.05, 0) is 11.1 Å². The summed E-state index contributed by atoms with van der Waals surface area (Å²) in [4.78, 5) is 24.3. The smallest absolute Gasteiger partial charge is 0.256 e. The lowest BCUT2D eigenvalue weighted by Crippen LogP contribution is -2.42. The van der Waals surface area contributed by atoms with E-state index < -0.39 is 18.0 Å². The molecule has 0 saturated carbocycles. The van der Waals surface area contributed by atoms with Gasteiger partial charge in [-0.1, -0.05) is 60.7 Å². The molecule has 0 saturated heterocycles. The number of nitrogens with zero attached hydrogens (tertiary/aromatic N) is 1. The van der Waals surface area contributed by atoms with E-state index in [0.29, 0.717) is 13.1 Å². The van der Waals surface area contributed by atoms with E-state index in [1.807, 2.05) is 65.6 Å². The predicted octanol–water partition coefficient (Wildman–Crippen LogP) is 1.63. The minimum Gasteiger partial charge on any atom is -0.368 e. The molecule has 0 spiro atoms. The molecule has 0 aromatic heterocycles. The maximum atomic E-state index is 14.3. The molecule has 0 aliphatic carbocycles. The zero-order valence-electron chi connectivity index (χ0n) is 13.9. The number of hydrogen-bond acceptors (Lipinski definition) is 3. The number of halogens is 1. The number of alkyl halides is 1. The molecule has 0 aliphatic heterocycles. The molecule has 2 aromatic rings. The normalized spacial score (nSPS) is 11.9. The van der Waals surface area contributed by atoms with Crippen LogP contribution in [0.2, 0.25) is 0 Å². The van der Waals surface area contributed by atoms with Crippen LogP contribution in [0.4, 0.5) is 4.39 Å². The fourth-order valence-corrected chi connectivity index (χ4v) is 2.46. The van der Waals surface area contributed by atoms with Gasteiger partial charge in [0.2, 0.25) is 5.91 Å². The van der Waals surface area contributed by atoms with Crippen molar-refractivity contribution in [3.63, 3.8) is 0 Å². The molecule has 2 amide bonds. The van der Waals surface area contributed by atoms with Crippen LogP contribution in [0.15, 0.2) is 60.7 Å². The molecule has 6 heteroatoms. The van der Waals surface area contributed by atoms with Crippen molar-refractivity contribution in [3.05, 3.63) is 71.8 Å². The number of carbonyl (C=O) groups is 2. The Kier molecular flexibility index (Phi) is 7.10. The van der Waals surface area contributed by atoms with Crippen LogP contribution in [0.25, 0.3) is 0 Å². The highest BCUT2D eigenvalue weighted by Crippen LogP contribution is 2.11. The van der Waals surface area contributed by atoms with Gasteiger partial charge in [-0.2, -0.15) is 0 Å². The standard InChI is InChI=1S/C19H22FN3O2/c20-17(19(25)22-11-18(21)24)14-23(12-15-7-3-1-4-8-15)13-16-9-5-2-6-10-16/h1-10,17H,11-14H2,(H2,21,24)(H,22,25). The summed E-state index contributed by atoms with van der Waals surface area (Å²) in [5.74, 6) is -1.53. The van der Waals surface area contributed by atoms with Crippen LogP contribution in [0.5, 0.6) is 0 Å². The highest BCUT2D eigenvalue weighted by molar-refractivity contribution is 5.86. The van der Waals surface area contributed by atoms with Gasteiger partial charge < -0.3 is 11.1 Å². The van der Waals surface area contributed by atoms with Crippen LogP contribution in [-0.4, -0.2) is 36.0 Å². The topological polar surface area (TPSA) is 75.4 Å². The quantitative estimate of drug-likeness (QED) is 0.727. The van der Waals surface area contributed by atoms with Crippen LogP contribution in [0.1, 0.15) is 11.1 Å². The largest absolute Gasteiger partial charge is 0.368 e. The molecule has 5 nitrogen and oxygen atoms in total. The minimum absolute atomic E-state index is 0.0750. The van der Waals surface area contributed by atoms with Crippen LogP contribution in [0.3, 0.4) is 0 Å². The fourth-order valence-electron chi connectivity index (χ4n) is 2.46. The third-order valence-corrected chi connectivity index (χ3v) is 3.64. The van der Waals surface area contributed by atoms with E-state index in [0.717, 1.165) is 11.1 Å². The molecule has 0 aliphatic rings. The number of nitrogens with one attached hydrogen (secondary N) is 1. The second-order valence-corrected chi connectivity index (χ2v) is 5.79. The van der Waals surface area contributed by atoms with Gasteiger partial charge in [-0.25, -0.2) is 4.39 Å². The van der Waals surface area contributed by atoms with Crippen molar-refractivity contribution in [2.24, 2.45) is 5.73 Å². The van der Waals surface area contributed by atoms with Gasteiger partial charge in [0, 0.05) is 19.6 Å². The van der Waals surface area contributed by atoms with Crippen molar-refractivity contribution in [1.29, 1.82) is 0 Å². The van der Waals surface area contributed by atoms with Crippen molar-refractivity contribution < 1.29 is 14.0 Å². The summed E-state index contributed by atoms with van der Waals surface area (Å²) in [5, 5.41) is 2.20. The first-order valence-corrected chi connectivity index (χ1v) is 8.05. The number of hydrogen-bond donors (Lipinski definition) is 2. The lowest BCUT2D eigenvalue weighted by molar-refractivity contribution is -0.129. The minimum atomic E-state index is -1.74. The maximum absolute atomic E-state index is 14.3. The first-order valence-electron chi connectivity index (χ1n) is 8.05. The molecule has 132 valence electrons. The van der Waals surface area contributed by atoms with Crippen LogP contribution < -0.4 is 11.1 Å². The third-order valence-electron chi connectivity index (χ3n) is 3.64. The zero-order chi connectivity index (χ0) is 18.1. The van der Waals surface area contributed by atoms with E-state index in [1.54, 1.807) is 0 Å². The lowest BCUT2D eigenvalue weighted by Gasteiger charge is -2.24. The monoisotopic (exact) mass is 343 g/mol. The molecule has 25 heavy (non-hydrogen) atoms. The molecule has 0 fully saturated rings. The molecule has 0 heterocycles. The van der Waals surface area contributed by atoms with Gasteiger partial charge in [-0.15, -0.1) is 0 Å². The van der Waals surface area contributed by atoms with Gasteiger partial charge in [0.05, 0.1) is 6.54 Å². The van der Waals surface area contributed by atoms with Gasteiger partial charge in [0.25, 0.3) is 5.91 Å². The maximum Gasteiger partial charge on any atom is 0.256 e. The summed E-state index contributed by atoms with van der Waals surface area (Å²) in [6, 6.07) is 19.3. The van der Waals surface area contributed by atoms with Gasteiger partial charge in [-0.3, -0.25) is 14.5 Å². The Morgan fingerprint density at radius 1 is 0.960 bits per heavy atom. The number of nitrogens with two attached hydrogens (primary N) is 1. The summed E-state index contributed by atoms with van der Waals surface area (Å²) >= 11 is 0. The van der Waals surface area contributed by atoms with Crippen LogP contribution >= 0.6 is 0 Å². The number of rotatable bonds is 9. The van der Waals surface area contributed by atoms with Gasteiger partial charge in [0.1, 0.15) is 0 Å². The second-order valence-electron chi connectivity index (χ2n) is 5.79. The van der Waals surface area contributed by atoms with E-state index in [2.05, 4.69) is 5.32 Å². The fraction of sp³-hybridized carbons (Fsp3) is 0.263. The first-order chi connectivity index (χ1) is 12.0. The summed E-state index contributed by atoms with van der Waals surface area (Å²) in [7, 11) is 0. The molecular weight excluding hydrogens is 321 g/mol. The van der Waals surface area contributed by atoms with Crippen molar-refractivity contribution >= 4 is 11.8 Å². The third kappa shape index (κ3) is 6.73. The molecule has 0 bridgehead atoms. The Bertz CT molecular complexity index is 638. The van der Waals surface area contributed by atoms with Gasteiger partial charge >= 0.3 is 0 Å². The Balaban J connectivity index is 2.02. The Morgan fingerprint density at radius 2 is 1.44 bits per heavy atom. The molecular formula is C19H22FN3O2. The summed E-state index contributed by atoms with van der Waals surface area (Å²) in [6.45, 7) is 0.587. The average Bonchev–Trinajstić information content (AvgIpc) is 2.61. The zero-order valence-corrected chi connectivity index (χ0v) is 13.9. The molecule has 2 aromatic carbocycles. The summed E-state index contributed by atoms with van der Waals surface area (Å²) < 4.78 is 14.3. The molecule has 3 N–H and O–H groups in total. The van der Waals surface area contributed by atoms with Gasteiger partial charge in [0.15, 0.2) is 6.17 Å². The highest BCUT2D eigenvalue weighted by Gasteiger charge is 2.21. The average molecular weight is 343 g/mol. The number of carbonyl (C=O) groups excluding carboxylic acids is 2. The van der Waals surface area contributed by atoms with Crippen molar-refractivity contribution in [3.8, 4) is 0 Å². The molecule has 1 unspecified atom stereocenters. The Labute approximate surface area is 146 Å². The van der Waals surface area contributed by atoms with Crippen molar-refractivity contribution in [2.75, 3.05) is 13.1 Å². The van der Waals surface area contributed by atoms with Crippen molar-refractivity contribution in [2.45, 2.75) is 19.3 Å². The van der Waals surface area contributed by atoms with Crippen LogP contribution in [0, 0.1) is 0 Å². The first kappa shape index (κ1) is 18.6. The SMILES string of the molecule is NC(=O)CNC(=O)C(F)CN(Cc1ccccc1)Cc1ccccc1.